The van der Waals surface area contributed by atoms with Crippen LogP contribution in [0.15, 0.2) is 0 Å². The van der Waals surface area contributed by atoms with Gasteiger partial charge in [0.2, 0.25) is 5.91 Å². The van der Waals surface area contributed by atoms with Gasteiger partial charge >= 0.3 is 6.03 Å². The van der Waals surface area contributed by atoms with E-state index in [4.69, 9.17) is 0 Å². The highest BCUT2D eigenvalue weighted by molar-refractivity contribution is 5.77. The normalized spacial score (nSPS) is 18.7. The lowest BCUT2D eigenvalue weighted by molar-refractivity contribution is -0.122. The Balaban J connectivity index is 2.31. The van der Waals surface area contributed by atoms with E-state index in [-0.39, 0.29) is 17.9 Å². The third-order valence-electron chi connectivity index (χ3n) is 3.64. The average Bonchev–Trinajstić information content (AvgIpc) is 2.45. The fraction of sp³-hybridized carbons (Fsp3) is 0.867. The number of carbonyl (C=O) groups excluding carboxylic acids is 2. The van der Waals surface area contributed by atoms with E-state index in [2.05, 4.69) is 29.8 Å². The minimum absolute atomic E-state index is 0.00370. The monoisotopic (exact) mass is 298 g/mol. The van der Waals surface area contributed by atoms with Crippen LogP contribution in [0.2, 0.25) is 0 Å². The molecule has 1 heterocycles. The second-order valence-corrected chi connectivity index (χ2v) is 6.19. The molecule has 0 aliphatic carbocycles. The molecular formula is C15H30N4O2. The third kappa shape index (κ3) is 7.32. The predicted octanol–water partition coefficient (Wildman–Crippen LogP) is 0.790. The van der Waals surface area contributed by atoms with Gasteiger partial charge in [0.15, 0.2) is 0 Å². The largest absolute Gasteiger partial charge is 0.355 e. The van der Waals surface area contributed by atoms with Crippen molar-refractivity contribution in [2.75, 3.05) is 39.8 Å². The lowest BCUT2D eigenvalue weighted by Crippen LogP contribution is -2.47. The van der Waals surface area contributed by atoms with Gasteiger partial charge in [-0.3, -0.25) is 4.79 Å². The van der Waals surface area contributed by atoms with Gasteiger partial charge in [0.1, 0.15) is 0 Å². The second kappa shape index (κ2) is 9.60. The Hall–Kier alpha value is -1.30. The molecule has 1 saturated heterocycles. The van der Waals surface area contributed by atoms with Gasteiger partial charge in [-0.15, -0.1) is 0 Å². The molecule has 6 heteroatoms. The molecule has 122 valence electrons. The second-order valence-electron chi connectivity index (χ2n) is 6.19. The average molecular weight is 298 g/mol. The quantitative estimate of drug-likeness (QED) is 0.608. The number of likely N-dealkylation sites (tertiary alicyclic amines) is 1. The van der Waals surface area contributed by atoms with Gasteiger partial charge in [0, 0.05) is 39.1 Å². The van der Waals surface area contributed by atoms with E-state index in [1.807, 2.05) is 11.9 Å². The SMILES string of the molecule is CNCCNC(=O)CC1CCCN(C(=O)NCC(C)C)C1. The molecule has 0 bridgehead atoms. The number of nitrogens with one attached hydrogen (secondary N) is 3. The molecule has 0 saturated carbocycles. The van der Waals surface area contributed by atoms with Crippen LogP contribution in [-0.4, -0.2) is 56.6 Å². The predicted molar refractivity (Wildman–Crippen MR) is 84.1 cm³/mol. The Morgan fingerprint density at radius 2 is 2.00 bits per heavy atom. The molecule has 1 rings (SSSR count). The van der Waals surface area contributed by atoms with E-state index in [1.54, 1.807) is 0 Å². The topological polar surface area (TPSA) is 73.5 Å². The van der Waals surface area contributed by atoms with Crippen LogP contribution in [0.5, 0.6) is 0 Å². The van der Waals surface area contributed by atoms with Crippen LogP contribution in [0.3, 0.4) is 0 Å². The molecule has 21 heavy (non-hydrogen) atoms. The maximum absolute atomic E-state index is 12.1. The van der Waals surface area contributed by atoms with E-state index in [0.29, 0.717) is 32.0 Å². The summed E-state index contributed by atoms with van der Waals surface area (Å²) in [4.78, 5) is 25.7. The molecule has 1 aliphatic rings. The molecule has 1 aliphatic heterocycles. The smallest absolute Gasteiger partial charge is 0.317 e. The first-order chi connectivity index (χ1) is 10.0. The fourth-order valence-corrected chi connectivity index (χ4v) is 2.48. The number of likely N-dealkylation sites (N-methyl/N-ethyl adjacent to an activating group) is 1. The molecule has 0 aromatic carbocycles. The summed E-state index contributed by atoms with van der Waals surface area (Å²) in [7, 11) is 1.86. The van der Waals surface area contributed by atoms with Crippen LogP contribution in [0.25, 0.3) is 0 Å². The molecule has 3 amide bonds. The fourth-order valence-electron chi connectivity index (χ4n) is 2.48. The van der Waals surface area contributed by atoms with Crippen molar-refractivity contribution in [2.45, 2.75) is 33.1 Å². The van der Waals surface area contributed by atoms with Crippen molar-refractivity contribution in [1.82, 2.24) is 20.9 Å². The number of hydrogen-bond donors (Lipinski definition) is 3. The Kier molecular flexibility index (Phi) is 8.12. The Morgan fingerprint density at radius 1 is 1.24 bits per heavy atom. The number of rotatable bonds is 7. The maximum Gasteiger partial charge on any atom is 0.317 e. The van der Waals surface area contributed by atoms with Crippen molar-refractivity contribution in [3.63, 3.8) is 0 Å². The first-order valence-electron chi connectivity index (χ1n) is 7.97. The van der Waals surface area contributed by atoms with E-state index in [1.165, 1.54) is 0 Å². The standard InChI is InChI=1S/C15H30N4O2/c1-12(2)10-18-15(21)19-8-4-5-13(11-19)9-14(20)17-7-6-16-3/h12-13,16H,4-11H2,1-3H3,(H,17,20)(H,18,21). The highest BCUT2D eigenvalue weighted by atomic mass is 16.2. The molecule has 0 radical (unpaired) electrons. The Morgan fingerprint density at radius 3 is 2.67 bits per heavy atom. The van der Waals surface area contributed by atoms with Crippen molar-refractivity contribution < 1.29 is 9.59 Å². The number of amides is 3. The van der Waals surface area contributed by atoms with Crippen LogP contribution in [-0.2, 0) is 4.79 Å². The Bertz CT molecular complexity index is 334. The van der Waals surface area contributed by atoms with Gasteiger partial charge in [-0.1, -0.05) is 13.8 Å². The van der Waals surface area contributed by atoms with E-state index in [0.717, 1.165) is 25.9 Å². The number of carbonyl (C=O) groups is 2. The summed E-state index contributed by atoms with van der Waals surface area (Å²) in [6.07, 6.45) is 2.51. The zero-order valence-electron chi connectivity index (χ0n) is 13.6. The van der Waals surface area contributed by atoms with E-state index < -0.39 is 0 Å². The first kappa shape index (κ1) is 17.8. The van der Waals surface area contributed by atoms with Crippen molar-refractivity contribution in [2.24, 2.45) is 11.8 Å². The van der Waals surface area contributed by atoms with Gasteiger partial charge in [0.25, 0.3) is 0 Å². The number of nitrogens with zero attached hydrogens (tertiary/aromatic N) is 1. The van der Waals surface area contributed by atoms with Crippen LogP contribution in [0.4, 0.5) is 4.79 Å². The summed E-state index contributed by atoms with van der Waals surface area (Å²) in [6, 6.07) is 0.00370. The number of piperidine rings is 1. The van der Waals surface area contributed by atoms with Crippen molar-refractivity contribution in [1.29, 1.82) is 0 Å². The van der Waals surface area contributed by atoms with Crippen molar-refractivity contribution >= 4 is 11.9 Å². The molecular weight excluding hydrogens is 268 g/mol. The highest BCUT2D eigenvalue weighted by Gasteiger charge is 2.25. The van der Waals surface area contributed by atoms with Gasteiger partial charge in [-0.25, -0.2) is 4.79 Å². The first-order valence-corrected chi connectivity index (χ1v) is 7.97. The van der Waals surface area contributed by atoms with Gasteiger partial charge in [-0.2, -0.15) is 0 Å². The summed E-state index contributed by atoms with van der Waals surface area (Å²) in [5.74, 6) is 0.810. The van der Waals surface area contributed by atoms with Crippen molar-refractivity contribution in [3.8, 4) is 0 Å². The van der Waals surface area contributed by atoms with Gasteiger partial charge < -0.3 is 20.9 Å². The molecule has 0 aromatic rings. The Labute approximate surface area is 128 Å². The summed E-state index contributed by atoms with van der Waals surface area (Å²) in [5.41, 5.74) is 0. The molecule has 0 aromatic heterocycles. The third-order valence-corrected chi connectivity index (χ3v) is 3.64. The molecule has 6 nitrogen and oxygen atoms in total. The zero-order valence-corrected chi connectivity index (χ0v) is 13.6. The minimum atomic E-state index is 0.00370. The lowest BCUT2D eigenvalue weighted by Gasteiger charge is -2.32. The molecule has 1 fully saturated rings. The molecule has 1 unspecified atom stereocenters. The molecule has 3 N–H and O–H groups in total. The van der Waals surface area contributed by atoms with Crippen LogP contribution in [0.1, 0.15) is 33.1 Å². The molecule has 0 spiro atoms. The van der Waals surface area contributed by atoms with Gasteiger partial charge in [-0.05, 0) is 31.7 Å². The molecule has 1 atom stereocenters. The lowest BCUT2D eigenvalue weighted by atomic mass is 9.94. The van der Waals surface area contributed by atoms with Crippen molar-refractivity contribution in [3.05, 3.63) is 0 Å². The maximum atomic E-state index is 12.1. The minimum Gasteiger partial charge on any atom is -0.355 e. The van der Waals surface area contributed by atoms with Crippen LogP contribution < -0.4 is 16.0 Å². The zero-order chi connectivity index (χ0) is 15.7. The van der Waals surface area contributed by atoms with E-state index in [9.17, 15) is 9.59 Å². The summed E-state index contributed by atoms with van der Waals surface area (Å²) in [6.45, 7) is 7.76. The summed E-state index contributed by atoms with van der Waals surface area (Å²) in [5, 5.41) is 8.84. The van der Waals surface area contributed by atoms with Crippen LogP contribution in [0, 0.1) is 11.8 Å². The number of urea groups is 1. The summed E-state index contributed by atoms with van der Waals surface area (Å²) < 4.78 is 0. The van der Waals surface area contributed by atoms with Gasteiger partial charge in [0.05, 0.1) is 0 Å². The highest BCUT2D eigenvalue weighted by Crippen LogP contribution is 2.19. The van der Waals surface area contributed by atoms with E-state index >= 15 is 0 Å². The van der Waals surface area contributed by atoms with Crippen LogP contribution >= 0.6 is 0 Å². The summed E-state index contributed by atoms with van der Waals surface area (Å²) >= 11 is 0. The number of hydrogen-bond acceptors (Lipinski definition) is 3.